The van der Waals surface area contributed by atoms with E-state index in [4.69, 9.17) is 0 Å². The molecule has 1 aliphatic rings. The zero-order valence-corrected chi connectivity index (χ0v) is 16.7. The van der Waals surface area contributed by atoms with E-state index in [9.17, 15) is 9.59 Å². The molecule has 0 bridgehead atoms. The number of hydrogen-bond donors (Lipinski definition) is 1. The molecule has 0 saturated carbocycles. The molecule has 1 aromatic rings. The standard InChI is InChI=1S/C22H32N2O2/c1-15(2)12-19-14-24(20(13-16(3)4)22(26)23-19)21(25)11-10-18-8-6-17(5)7-9-18/h6-11,15-16,19-20H,12-14H2,1-5H3,(H,23,26)/t19-,20-/m0/s1. The molecule has 2 amide bonds. The molecule has 1 aromatic carbocycles. The Labute approximate surface area is 157 Å². The van der Waals surface area contributed by atoms with Gasteiger partial charge in [-0.1, -0.05) is 57.5 Å². The highest BCUT2D eigenvalue weighted by Crippen LogP contribution is 2.20. The summed E-state index contributed by atoms with van der Waals surface area (Å²) < 4.78 is 0. The molecule has 0 spiro atoms. The van der Waals surface area contributed by atoms with Crippen LogP contribution < -0.4 is 5.32 Å². The first kappa shape index (κ1) is 20.2. The Kier molecular flexibility index (Phi) is 7.01. The lowest BCUT2D eigenvalue weighted by Gasteiger charge is -2.40. The number of benzene rings is 1. The van der Waals surface area contributed by atoms with Crippen molar-refractivity contribution in [1.29, 1.82) is 0 Å². The van der Waals surface area contributed by atoms with Gasteiger partial charge in [0.15, 0.2) is 0 Å². The van der Waals surface area contributed by atoms with Crippen LogP contribution in [-0.2, 0) is 9.59 Å². The third-order valence-electron chi connectivity index (χ3n) is 4.67. The molecule has 1 saturated heterocycles. The molecule has 1 aliphatic heterocycles. The number of aryl methyl sites for hydroxylation is 1. The first-order chi connectivity index (χ1) is 12.3. The lowest BCUT2D eigenvalue weighted by molar-refractivity contribution is -0.142. The predicted molar refractivity (Wildman–Crippen MR) is 107 cm³/mol. The Morgan fingerprint density at radius 3 is 2.35 bits per heavy atom. The molecule has 0 unspecified atom stereocenters. The molecular formula is C22H32N2O2. The maximum Gasteiger partial charge on any atom is 0.247 e. The minimum absolute atomic E-state index is 0.0207. The van der Waals surface area contributed by atoms with Gasteiger partial charge in [0, 0.05) is 18.7 Å². The van der Waals surface area contributed by atoms with E-state index in [1.807, 2.05) is 37.3 Å². The maximum atomic E-state index is 12.9. The van der Waals surface area contributed by atoms with Crippen molar-refractivity contribution < 1.29 is 9.59 Å². The fraction of sp³-hybridized carbons (Fsp3) is 0.545. The van der Waals surface area contributed by atoms with Gasteiger partial charge in [0.2, 0.25) is 11.8 Å². The average Bonchev–Trinajstić information content (AvgIpc) is 2.55. The van der Waals surface area contributed by atoms with Gasteiger partial charge in [-0.15, -0.1) is 0 Å². The molecule has 0 aliphatic carbocycles. The molecule has 4 heteroatoms. The molecule has 0 aromatic heterocycles. The van der Waals surface area contributed by atoms with Crippen molar-refractivity contribution >= 4 is 17.9 Å². The number of amides is 2. The summed E-state index contributed by atoms with van der Waals surface area (Å²) in [7, 11) is 0. The molecule has 2 rings (SSSR count). The third kappa shape index (κ3) is 5.72. The second-order valence-corrected chi connectivity index (χ2v) is 8.22. The third-order valence-corrected chi connectivity index (χ3v) is 4.67. The predicted octanol–water partition coefficient (Wildman–Crippen LogP) is 3.80. The number of nitrogens with zero attached hydrogens (tertiary/aromatic N) is 1. The van der Waals surface area contributed by atoms with Crippen LogP contribution in [-0.4, -0.2) is 35.3 Å². The van der Waals surface area contributed by atoms with Crippen molar-refractivity contribution in [3.05, 3.63) is 41.5 Å². The Morgan fingerprint density at radius 1 is 1.15 bits per heavy atom. The smallest absolute Gasteiger partial charge is 0.247 e. The number of hydrogen-bond acceptors (Lipinski definition) is 2. The van der Waals surface area contributed by atoms with Gasteiger partial charge in [-0.05, 0) is 43.2 Å². The summed E-state index contributed by atoms with van der Waals surface area (Å²) in [6.07, 6.45) is 5.00. The monoisotopic (exact) mass is 356 g/mol. The summed E-state index contributed by atoms with van der Waals surface area (Å²) in [6.45, 7) is 11.1. The molecule has 2 atom stereocenters. The summed E-state index contributed by atoms with van der Waals surface area (Å²) >= 11 is 0. The first-order valence-corrected chi connectivity index (χ1v) is 9.62. The van der Waals surface area contributed by atoms with Crippen LogP contribution in [0.4, 0.5) is 0 Å². The van der Waals surface area contributed by atoms with Crippen LogP contribution in [0.2, 0.25) is 0 Å². The average molecular weight is 357 g/mol. The van der Waals surface area contributed by atoms with Crippen LogP contribution in [0.3, 0.4) is 0 Å². The van der Waals surface area contributed by atoms with Crippen LogP contribution in [0, 0.1) is 18.8 Å². The highest BCUT2D eigenvalue weighted by atomic mass is 16.2. The number of nitrogens with one attached hydrogen (secondary N) is 1. The van der Waals surface area contributed by atoms with Crippen molar-refractivity contribution in [1.82, 2.24) is 10.2 Å². The second-order valence-electron chi connectivity index (χ2n) is 8.22. The molecule has 1 heterocycles. The van der Waals surface area contributed by atoms with Gasteiger partial charge in [0.1, 0.15) is 6.04 Å². The molecule has 26 heavy (non-hydrogen) atoms. The molecule has 4 nitrogen and oxygen atoms in total. The van der Waals surface area contributed by atoms with Gasteiger partial charge < -0.3 is 10.2 Å². The summed E-state index contributed by atoms with van der Waals surface area (Å²) in [5.41, 5.74) is 2.18. The van der Waals surface area contributed by atoms with E-state index >= 15 is 0 Å². The zero-order chi connectivity index (χ0) is 19.3. The highest BCUT2D eigenvalue weighted by molar-refractivity contribution is 5.96. The fourth-order valence-corrected chi connectivity index (χ4v) is 3.42. The Hall–Kier alpha value is -2.10. The SMILES string of the molecule is Cc1ccc(C=CC(=O)N2C[C@H](CC(C)C)NC(=O)[C@@H]2CC(C)C)cc1. The lowest BCUT2D eigenvalue weighted by Crippen LogP contribution is -2.61. The second kappa shape index (κ2) is 9.02. The van der Waals surface area contributed by atoms with Crippen LogP contribution in [0.15, 0.2) is 30.3 Å². The quantitative estimate of drug-likeness (QED) is 0.788. The van der Waals surface area contributed by atoms with Crippen LogP contribution in [0.25, 0.3) is 6.08 Å². The molecule has 0 radical (unpaired) electrons. The molecule has 142 valence electrons. The van der Waals surface area contributed by atoms with Crippen molar-refractivity contribution in [2.24, 2.45) is 11.8 Å². The van der Waals surface area contributed by atoms with Crippen LogP contribution in [0.5, 0.6) is 0 Å². The van der Waals surface area contributed by atoms with E-state index in [-0.39, 0.29) is 23.9 Å². The van der Waals surface area contributed by atoms with Gasteiger partial charge in [-0.25, -0.2) is 0 Å². The Bertz CT molecular complexity index is 647. The van der Waals surface area contributed by atoms with Crippen molar-refractivity contribution in [3.8, 4) is 0 Å². The van der Waals surface area contributed by atoms with E-state index < -0.39 is 0 Å². The van der Waals surface area contributed by atoms with E-state index in [1.165, 1.54) is 5.56 Å². The number of rotatable bonds is 6. The lowest BCUT2D eigenvalue weighted by atomic mass is 9.95. The molecular weight excluding hydrogens is 324 g/mol. The van der Waals surface area contributed by atoms with E-state index in [0.29, 0.717) is 24.8 Å². The Morgan fingerprint density at radius 2 is 1.77 bits per heavy atom. The molecule has 1 N–H and O–H groups in total. The number of carbonyl (C=O) groups is 2. The molecule has 1 fully saturated rings. The van der Waals surface area contributed by atoms with Gasteiger partial charge in [-0.3, -0.25) is 9.59 Å². The topological polar surface area (TPSA) is 49.4 Å². The van der Waals surface area contributed by atoms with Crippen molar-refractivity contribution in [2.75, 3.05) is 6.54 Å². The van der Waals surface area contributed by atoms with Crippen LogP contribution in [0.1, 0.15) is 51.7 Å². The largest absolute Gasteiger partial charge is 0.350 e. The van der Waals surface area contributed by atoms with Crippen LogP contribution >= 0.6 is 0 Å². The van der Waals surface area contributed by atoms with Gasteiger partial charge in [-0.2, -0.15) is 0 Å². The van der Waals surface area contributed by atoms with Gasteiger partial charge >= 0.3 is 0 Å². The van der Waals surface area contributed by atoms with Crippen molar-refractivity contribution in [3.63, 3.8) is 0 Å². The minimum atomic E-state index is -0.381. The fourth-order valence-electron chi connectivity index (χ4n) is 3.42. The summed E-state index contributed by atoms with van der Waals surface area (Å²) in [6, 6.07) is 7.69. The normalized spacial score (nSPS) is 20.9. The van der Waals surface area contributed by atoms with E-state index in [2.05, 4.69) is 33.0 Å². The zero-order valence-electron chi connectivity index (χ0n) is 16.7. The van der Waals surface area contributed by atoms with Gasteiger partial charge in [0.25, 0.3) is 0 Å². The highest BCUT2D eigenvalue weighted by Gasteiger charge is 2.36. The van der Waals surface area contributed by atoms with E-state index in [0.717, 1.165) is 12.0 Å². The Balaban J connectivity index is 2.16. The van der Waals surface area contributed by atoms with Gasteiger partial charge in [0.05, 0.1) is 0 Å². The summed E-state index contributed by atoms with van der Waals surface area (Å²) in [4.78, 5) is 27.2. The van der Waals surface area contributed by atoms with E-state index in [1.54, 1.807) is 11.0 Å². The number of piperazine rings is 1. The number of carbonyl (C=O) groups excluding carboxylic acids is 2. The first-order valence-electron chi connectivity index (χ1n) is 9.62. The summed E-state index contributed by atoms with van der Waals surface area (Å²) in [5, 5.41) is 3.11. The minimum Gasteiger partial charge on any atom is -0.350 e. The van der Waals surface area contributed by atoms with Crippen molar-refractivity contribution in [2.45, 2.75) is 59.5 Å². The maximum absolute atomic E-state index is 12.9. The summed E-state index contributed by atoms with van der Waals surface area (Å²) in [5.74, 6) is 0.721.